The fourth-order valence-electron chi connectivity index (χ4n) is 0.539. The molecule has 0 N–H and O–H groups in total. The number of rotatable bonds is 3. The van der Waals surface area contributed by atoms with Crippen molar-refractivity contribution >= 4 is 13.6 Å². The predicted octanol–water partition coefficient (Wildman–Crippen LogP) is 1.19. The zero-order chi connectivity index (χ0) is 6.57. The van der Waals surface area contributed by atoms with Crippen LogP contribution in [0.25, 0.3) is 0 Å². The third kappa shape index (κ3) is 3.91. The minimum Gasteiger partial charge on any atom is -0.301 e. The van der Waals surface area contributed by atoms with Gasteiger partial charge in [-0.3, -0.25) is 0 Å². The van der Waals surface area contributed by atoms with Gasteiger partial charge in [-0.15, -0.1) is 0 Å². The van der Waals surface area contributed by atoms with E-state index in [4.69, 9.17) is 7.85 Å². The number of Topliss-reactive ketones (excluding diaryl/α,β-unsaturated/α-hetero) is 1. The summed E-state index contributed by atoms with van der Waals surface area (Å²) in [5.41, 5.74) is 0. The summed E-state index contributed by atoms with van der Waals surface area (Å²) in [5.74, 6) is 0.603. The summed E-state index contributed by atoms with van der Waals surface area (Å²) in [4.78, 5) is 10.5. The Bertz CT molecular complexity index is 78.6. The molecule has 0 amide bonds. The maximum absolute atomic E-state index is 10.5. The normalized spacial score (nSPS) is 9.88. The Morgan fingerprint density at radius 3 is 2.25 bits per heavy atom. The van der Waals surface area contributed by atoms with Gasteiger partial charge in [0.05, 0.1) is 7.85 Å². The maximum Gasteiger partial charge on any atom is 0.124 e. The Kier molecular flexibility index (Phi) is 3.58. The molecule has 0 bridgehead atoms. The van der Waals surface area contributed by atoms with Crippen LogP contribution in [0.5, 0.6) is 0 Å². The van der Waals surface area contributed by atoms with Crippen LogP contribution in [0, 0.1) is 5.92 Å². The van der Waals surface area contributed by atoms with Gasteiger partial charge in [0.2, 0.25) is 0 Å². The van der Waals surface area contributed by atoms with Crippen LogP contribution in [-0.2, 0) is 4.79 Å². The molecular formula is C6H11BO. The van der Waals surface area contributed by atoms with Gasteiger partial charge in [0.15, 0.2) is 0 Å². The van der Waals surface area contributed by atoms with E-state index >= 15 is 0 Å². The van der Waals surface area contributed by atoms with E-state index in [0.717, 1.165) is 0 Å². The highest BCUT2D eigenvalue weighted by Crippen LogP contribution is 2.00. The lowest BCUT2D eigenvalue weighted by molar-refractivity contribution is -0.117. The Balaban J connectivity index is 3.25. The average Bonchev–Trinajstić information content (AvgIpc) is 1.65. The molecule has 0 aliphatic carbocycles. The quantitative estimate of drug-likeness (QED) is 0.498. The van der Waals surface area contributed by atoms with Crippen LogP contribution in [0.3, 0.4) is 0 Å². The fourth-order valence-corrected chi connectivity index (χ4v) is 0.539. The van der Waals surface area contributed by atoms with Crippen molar-refractivity contribution in [2.24, 2.45) is 5.92 Å². The van der Waals surface area contributed by atoms with Gasteiger partial charge in [-0.05, 0) is 12.2 Å². The van der Waals surface area contributed by atoms with E-state index in [0.29, 0.717) is 12.3 Å². The zero-order valence-corrected chi connectivity index (χ0v) is 5.48. The molecule has 0 spiro atoms. The largest absolute Gasteiger partial charge is 0.301 e. The van der Waals surface area contributed by atoms with Gasteiger partial charge in [0.1, 0.15) is 5.78 Å². The second-order valence-corrected chi connectivity index (χ2v) is 2.34. The van der Waals surface area contributed by atoms with Crippen molar-refractivity contribution in [3.05, 3.63) is 0 Å². The first-order chi connectivity index (χ1) is 3.66. The number of carbonyl (C=O) groups excluding carboxylic acids is 1. The molecule has 0 saturated carbocycles. The van der Waals surface area contributed by atoms with Crippen LogP contribution >= 0.6 is 0 Å². The number of hydrogen-bond donors (Lipinski definition) is 0. The molecule has 0 atom stereocenters. The average molecular weight is 110 g/mol. The standard InChI is InChI=1S/C6H11BO/c1-5(2)3-6(8)4-7/h5H,3-4H2,1-2H3. The number of carbonyl (C=O) groups is 1. The van der Waals surface area contributed by atoms with E-state index in [-0.39, 0.29) is 12.1 Å². The highest BCUT2D eigenvalue weighted by molar-refractivity contribution is 6.20. The van der Waals surface area contributed by atoms with Crippen molar-refractivity contribution in [1.82, 2.24) is 0 Å². The lowest BCUT2D eigenvalue weighted by Gasteiger charge is -1.98. The summed E-state index contributed by atoms with van der Waals surface area (Å²) in [6, 6.07) is 0. The van der Waals surface area contributed by atoms with E-state index in [1.807, 2.05) is 13.8 Å². The molecule has 0 saturated heterocycles. The minimum absolute atomic E-state index is 0.153. The van der Waals surface area contributed by atoms with E-state index in [9.17, 15) is 4.79 Å². The molecule has 0 fully saturated rings. The molecule has 0 unspecified atom stereocenters. The molecule has 0 aliphatic heterocycles. The molecule has 44 valence electrons. The highest BCUT2D eigenvalue weighted by atomic mass is 16.1. The number of hydrogen-bond acceptors (Lipinski definition) is 1. The molecule has 2 heteroatoms. The predicted molar refractivity (Wildman–Crippen MR) is 35.0 cm³/mol. The van der Waals surface area contributed by atoms with E-state index < -0.39 is 0 Å². The Hall–Kier alpha value is -0.265. The van der Waals surface area contributed by atoms with E-state index in [2.05, 4.69) is 0 Å². The van der Waals surface area contributed by atoms with Crippen molar-refractivity contribution in [1.29, 1.82) is 0 Å². The Morgan fingerprint density at radius 1 is 1.62 bits per heavy atom. The first kappa shape index (κ1) is 7.73. The first-order valence-corrected chi connectivity index (χ1v) is 2.88. The Labute approximate surface area is 51.9 Å². The highest BCUT2D eigenvalue weighted by Gasteiger charge is 1.99. The van der Waals surface area contributed by atoms with Gasteiger partial charge in [-0.25, -0.2) is 0 Å². The van der Waals surface area contributed by atoms with Gasteiger partial charge in [-0.2, -0.15) is 0 Å². The summed E-state index contributed by atoms with van der Waals surface area (Å²) in [6.45, 7) is 4.01. The second kappa shape index (κ2) is 3.70. The third-order valence-electron chi connectivity index (χ3n) is 0.864. The molecule has 0 heterocycles. The van der Waals surface area contributed by atoms with Crippen LogP contribution in [0.2, 0.25) is 6.32 Å². The molecule has 2 radical (unpaired) electrons. The first-order valence-electron chi connectivity index (χ1n) is 2.88. The topological polar surface area (TPSA) is 17.1 Å². The SMILES string of the molecule is [B]CC(=O)CC(C)C. The summed E-state index contributed by atoms with van der Waals surface area (Å²) in [7, 11) is 5.07. The molecule has 0 rings (SSSR count). The lowest BCUT2D eigenvalue weighted by Crippen LogP contribution is -2.00. The van der Waals surface area contributed by atoms with Gasteiger partial charge in [-0.1, -0.05) is 13.8 Å². The van der Waals surface area contributed by atoms with E-state index in [1.54, 1.807) is 0 Å². The van der Waals surface area contributed by atoms with Gasteiger partial charge in [0, 0.05) is 6.42 Å². The van der Waals surface area contributed by atoms with Crippen molar-refractivity contribution < 1.29 is 4.79 Å². The smallest absolute Gasteiger partial charge is 0.124 e. The fraction of sp³-hybridized carbons (Fsp3) is 0.833. The molecular weight excluding hydrogens is 98.9 g/mol. The minimum atomic E-state index is 0.153. The Morgan fingerprint density at radius 2 is 2.12 bits per heavy atom. The molecule has 0 aliphatic rings. The van der Waals surface area contributed by atoms with Crippen LogP contribution in [-0.4, -0.2) is 13.6 Å². The van der Waals surface area contributed by atoms with E-state index in [1.165, 1.54) is 0 Å². The van der Waals surface area contributed by atoms with Crippen LogP contribution < -0.4 is 0 Å². The van der Waals surface area contributed by atoms with Crippen molar-refractivity contribution in [3.63, 3.8) is 0 Å². The second-order valence-electron chi connectivity index (χ2n) is 2.34. The van der Waals surface area contributed by atoms with Crippen LogP contribution in [0.1, 0.15) is 20.3 Å². The summed E-state index contributed by atoms with van der Waals surface area (Å²) in [5, 5.41) is 0. The molecule has 1 nitrogen and oxygen atoms in total. The monoisotopic (exact) mass is 110 g/mol. The van der Waals surface area contributed by atoms with Crippen LogP contribution in [0.15, 0.2) is 0 Å². The van der Waals surface area contributed by atoms with Gasteiger partial charge < -0.3 is 4.79 Å². The molecule has 0 aromatic rings. The zero-order valence-electron chi connectivity index (χ0n) is 5.48. The maximum atomic E-state index is 10.5. The number of ketones is 1. The molecule has 0 aromatic carbocycles. The summed E-state index contributed by atoms with van der Waals surface area (Å²) in [6.07, 6.45) is 0.814. The van der Waals surface area contributed by atoms with Crippen LogP contribution in [0.4, 0.5) is 0 Å². The third-order valence-corrected chi connectivity index (χ3v) is 0.864. The summed E-state index contributed by atoms with van der Waals surface area (Å²) < 4.78 is 0. The van der Waals surface area contributed by atoms with Crippen molar-refractivity contribution in [2.45, 2.75) is 26.6 Å². The summed E-state index contributed by atoms with van der Waals surface area (Å²) >= 11 is 0. The molecule has 8 heavy (non-hydrogen) atoms. The molecule has 0 aromatic heterocycles. The van der Waals surface area contributed by atoms with Crippen molar-refractivity contribution in [3.8, 4) is 0 Å². The van der Waals surface area contributed by atoms with Gasteiger partial charge in [0.25, 0.3) is 0 Å². The van der Waals surface area contributed by atoms with Crippen molar-refractivity contribution in [2.75, 3.05) is 0 Å². The van der Waals surface area contributed by atoms with Gasteiger partial charge >= 0.3 is 0 Å². The lowest BCUT2D eigenvalue weighted by atomic mass is 9.95.